The van der Waals surface area contributed by atoms with E-state index in [-0.39, 0.29) is 23.8 Å². The van der Waals surface area contributed by atoms with Gasteiger partial charge in [0.2, 0.25) is 10.0 Å². The highest BCUT2D eigenvalue weighted by Gasteiger charge is 2.34. The molecule has 0 radical (unpaired) electrons. The Labute approximate surface area is 207 Å². The second kappa shape index (κ2) is 9.07. The number of halogens is 1. The summed E-state index contributed by atoms with van der Waals surface area (Å²) in [4.78, 5) is 12.9. The van der Waals surface area contributed by atoms with E-state index in [0.29, 0.717) is 34.3 Å². The summed E-state index contributed by atoms with van der Waals surface area (Å²) < 4.78 is 54.7. The zero-order valence-electron chi connectivity index (χ0n) is 19.9. The van der Waals surface area contributed by atoms with Gasteiger partial charge >= 0.3 is 0 Å². The third kappa shape index (κ3) is 4.35. The maximum atomic E-state index is 13.5. The average Bonchev–Trinajstić information content (AvgIpc) is 3.45. The molecule has 36 heavy (non-hydrogen) atoms. The summed E-state index contributed by atoms with van der Waals surface area (Å²) in [6.45, 7) is 2.29. The molecule has 0 bridgehead atoms. The molecule has 0 fully saturated rings. The molecule has 3 heterocycles. The molecule has 0 spiro atoms. The molecule has 5 rings (SSSR count). The Kier molecular flexibility index (Phi) is 6.05. The van der Waals surface area contributed by atoms with E-state index < -0.39 is 28.0 Å². The Hall–Kier alpha value is -3.70. The molecular weight excluding hydrogens is 487 g/mol. The fourth-order valence-corrected chi connectivity index (χ4v) is 5.52. The molecule has 2 atom stereocenters. The minimum absolute atomic E-state index is 0.0787. The van der Waals surface area contributed by atoms with Crippen molar-refractivity contribution < 1.29 is 26.8 Å². The van der Waals surface area contributed by atoms with E-state index in [2.05, 4.69) is 10.4 Å². The number of aromatic nitrogens is 2. The topological polar surface area (TPSA) is 107 Å². The maximum absolute atomic E-state index is 13.5. The zero-order chi connectivity index (χ0) is 25.6. The minimum Gasteiger partial charge on any atom is -0.455 e. The van der Waals surface area contributed by atoms with Crippen LogP contribution in [0.1, 0.15) is 28.9 Å². The van der Waals surface area contributed by atoms with Crippen molar-refractivity contribution in [3.8, 4) is 11.3 Å². The first-order chi connectivity index (χ1) is 17.2. The van der Waals surface area contributed by atoms with Gasteiger partial charge in [0.1, 0.15) is 17.2 Å². The molecule has 0 saturated heterocycles. The number of carbonyl (C=O) groups is 1. The second-order valence-electron chi connectivity index (χ2n) is 8.72. The molecular formula is C25H25FN4O5S. The van der Waals surface area contributed by atoms with Gasteiger partial charge in [-0.3, -0.25) is 13.8 Å². The summed E-state index contributed by atoms with van der Waals surface area (Å²) in [5.74, 6) is -0.533. The first-order valence-corrected chi connectivity index (χ1v) is 13.2. The van der Waals surface area contributed by atoms with Gasteiger partial charge < -0.3 is 14.5 Å². The van der Waals surface area contributed by atoms with Crippen LogP contribution in [0.15, 0.2) is 59.3 Å². The number of fused-ring (bicyclic) bond motifs is 2. The van der Waals surface area contributed by atoms with Crippen LogP contribution in [0, 0.1) is 5.82 Å². The molecule has 0 unspecified atom stereocenters. The highest BCUT2D eigenvalue weighted by molar-refractivity contribution is 7.92. The lowest BCUT2D eigenvalue weighted by Crippen LogP contribution is -2.38. The Morgan fingerprint density at radius 3 is 2.64 bits per heavy atom. The zero-order valence-corrected chi connectivity index (χ0v) is 20.8. The van der Waals surface area contributed by atoms with E-state index >= 15 is 0 Å². The number of hydrogen-bond donors (Lipinski definition) is 1. The van der Waals surface area contributed by atoms with Crippen molar-refractivity contribution in [2.24, 2.45) is 0 Å². The van der Waals surface area contributed by atoms with Crippen molar-refractivity contribution in [3.63, 3.8) is 0 Å². The lowest BCUT2D eigenvalue weighted by molar-refractivity contribution is -0.00407. The summed E-state index contributed by atoms with van der Waals surface area (Å²) in [6, 6.07) is 10.8. The van der Waals surface area contributed by atoms with Crippen LogP contribution in [-0.2, 0) is 21.3 Å². The third-order valence-electron chi connectivity index (χ3n) is 6.22. The maximum Gasteiger partial charge on any atom is 0.255 e. The van der Waals surface area contributed by atoms with Gasteiger partial charge in [0.15, 0.2) is 0 Å². The van der Waals surface area contributed by atoms with Gasteiger partial charge in [0, 0.05) is 42.0 Å². The van der Waals surface area contributed by atoms with E-state index in [1.807, 2.05) is 6.92 Å². The highest BCUT2D eigenvalue weighted by Crippen LogP contribution is 2.42. The van der Waals surface area contributed by atoms with Crippen molar-refractivity contribution in [2.45, 2.75) is 25.7 Å². The Morgan fingerprint density at radius 2 is 2.00 bits per heavy atom. The van der Waals surface area contributed by atoms with Crippen LogP contribution in [0.2, 0.25) is 0 Å². The SMILES string of the molecule is CNC(=O)c1c(-c2ccc(F)cc2)oc2cc3c(cc12)[C@H](C)O[C@H](Cn1cccn1)CN3S(C)(=O)=O. The monoisotopic (exact) mass is 512 g/mol. The lowest BCUT2D eigenvalue weighted by atomic mass is 10.0. The summed E-state index contributed by atoms with van der Waals surface area (Å²) in [5, 5.41) is 7.34. The first-order valence-electron chi connectivity index (χ1n) is 11.3. The van der Waals surface area contributed by atoms with Crippen LogP contribution < -0.4 is 9.62 Å². The van der Waals surface area contributed by atoms with Crippen LogP contribution in [-0.4, -0.2) is 50.1 Å². The number of sulfonamides is 1. The van der Waals surface area contributed by atoms with Crippen molar-refractivity contribution >= 4 is 32.6 Å². The van der Waals surface area contributed by atoms with Gasteiger partial charge in [-0.05, 0) is 43.3 Å². The number of benzene rings is 2. The molecule has 2 aromatic carbocycles. The molecule has 0 aliphatic carbocycles. The summed E-state index contributed by atoms with van der Waals surface area (Å²) >= 11 is 0. The summed E-state index contributed by atoms with van der Waals surface area (Å²) in [6.07, 6.45) is 3.62. The number of anilines is 1. The fourth-order valence-electron chi connectivity index (χ4n) is 4.57. The first kappa shape index (κ1) is 24.0. The number of ether oxygens (including phenoxy) is 1. The van der Waals surface area contributed by atoms with Gasteiger partial charge in [0.05, 0.1) is 42.8 Å². The quantitative estimate of drug-likeness (QED) is 0.437. The van der Waals surface area contributed by atoms with E-state index in [1.54, 1.807) is 35.3 Å². The molecule has 1 aliphatic rings. The molecule has 0 saturated carbocycles. The van der Waals surface area contributed by atoms with Gasteiger partial charge in [0.25, 0.3) is 5.91 Å². The van der Waals surface area contributed by atoms with E-state index in [1.165, 1.54) is 35.6 Å². The largest absolute Gasteiger partial charge is 0.455 e. The molecule has 4 aromatic rings. The molecule has 9 nitrogen and oxygen atoms in total. The van der Waals surface area contributed by atoms with Crippen LogP contribution in [0.4, 0.5) is 10.1 Å². The minimum atomic E-state index is -3.69. The smallest absolute Gasteiger partial charge is 0.255 e. The third-order valence-corrected chi connectivity index (χ3v) is 7.37. The Balaban J connectivity index is 1.68. The molecule has 1 amide bonds. The number of hydrogen-bond acceptors (Lipinski definition) is 6. The molecule has 1 aliphatic heterocycles. The van der Waals surface area contributed by atoms with E-state index in [4.69, 9.17) is 9.15 Å². The molecule has 2 aromatic heterocycles. The predicted octanol–water partition coefficient (Wildman–Crippen LogP) is 3.72. The highest BCUT2D eigenvalue weighted by atomic mass is 32.2. The van der Waals surface area contributed by atoms with E-state index in [9.17, 15) is 17.6 Å². The standard InChI is InChI=1S/C25H25FN4O5S/c1-15-19-11-20-22(35-24(23(20)25(31)27-2)16-5-7-17(26)8-6-16)12-21(19)30(36(3,32)33)14-18(34-15)13-29-10-4-9-28-29/h4-12,15,18H,13-14H2,1-3H3,(H,27,31)/t15-,18+/m0/s1. The number of carbonyl (C=O) groups excluding carboxylic acids is 1. The van der Waals surface area contributed by atoms with Crippen LogP contribution in [0.3, 0.4) is 0 Å². The van der Waals surface area contributed by atoms with Crippen LogP contribution in [0.5, 0.6) is 0 Å². The number of rotatable bonds is 5. The number of nitrogens with zero attached hydrogens (tertiary/aromatic N) is 3. The molecule has 188 valence electrons. The van der Waals surface area contributed by atoms with Crippen molar-refractivity contribution in [3.05, 3.63) is 71.8 Å². The second-order valence-corrected chi connectivity index (χ2v) is 10.6. The van der Waals surface area contributed by atoms with Gasteiger partial charge in [-0.15, -0.1) is 0 Å². The molecule has 11 heteroatoms. The Bertz CT molecular complexity index is 1530. The number of nitrogens with one attached hydrogen (secondary N) is 1. The average molecular weight is 513 g/mol. The summed E-state index contributed by atoms with van der Waals surface area (Å²) in [7, 11) is -2.18. The van der Waals surface area contributed by atoms with Gasteiger partial charge in [-0.25, -0.2) is 12.8 Å². The fraction of sp³-hybridized carbons (Fsp3) is 0.280. The molecule has 1 N–H and O–H groups in total. The predicted molar refractivity (Wildman–Crippen MR) is 133 cm³/mol. The summed E-state index contributed by atoms with van der Waals surface area (Å²) in [5.41, 5.74) is 2.15. The number of amides is 1. The van der Waals surface area contributed by atoms with Crippen molar-refractivity contribution in [1.29, 1.82) is 0 Å². The number of furan rings is 1. The lowest BCUT2D eigenvalue weighted by Gasteiger charge is -2.24. The van der Waals surface area contributed by atoms with Crippen molar-refractivity contribution in [2.75, 3.05) is 24.2 Å². The Morgan fingerprint density at radius 1 is 1.25 bits per heavy atom. The van der Waals surface area contributed by atoms with Gasteiger partial charge in [-0.1, -0.05) is 0 Å². The van der Waals surface area contributed by atoms with E-state index in [0.717, 1.165) is 6.26 Å². The van der Waals surface area contributed by atoms with Crippen LogP contribution >= 0.6 is 0 Å². The van der Waals surface area contributed by atoms with Crippen LogP contribution in [0.25, 0.3) is 22.3 Å². The normalized spacial score (nSPS) is 18.2. The van der Waals surface area contributed by atoms with Gasteiger partial charge in [-0.2, -0.15) is 5.10 Å². The van der Waals surface area contributed by atoms with Crippen molar-refractivity contribution in [1.82, 2.24) is 15.1 Å².